The average Bonchev–Trinajstić information content (AvgIpc) is 2.74. The van der Waals surface area contributed by atoms with Crippen molar-refractivity contribution >= 4 is 11.9 Å². The van der Waals surface area contributed by atoms with E-state index in [4.69, 9.17) is 4.74 Å². The molecular weight excluding hydrogens is 378 g/mol. The van der Waals surface area contributed by atoms with E-state index in [1.165, 1.54) is 0 Å². The predicted molar refractivity (Wildman–Crippen MR) is 111 cm³/mol. The first-order valence-corrected chi connectivity index (χ1v) is 9.67. The first-order chi connectivity index (χ1) is 14.6. The van der Waals surface area contributed by atoms with Crippen molar-refractivity contribution in [2.24, 2.45) is 11.8 Å². The first-order valence-electron chi connectivity index (χ1n) is 9.67. The summed E-state index contributed by atoms with van der Waals surface area (Å²) in [6.07, 6.45) is 0.216. The Balaban J connectivity index is 1.60. The van der Waals surface area contributed by atoms with Crippen LogP contribution in [0.15, 0.2) is 78.9 Å². The number of esters is 1. The van der Waals surface area contributed by atoms with E-state index >= 15 is 0 Å². The van der Waals surface area contributed by atoms with Crippen LogP contribution < -0.4 is 4.74 Å². The molecule has 1 N–H and O–H groups in total. The van der Waals surface area contributed by atoms with Crippen molar-refractivity contribution in [2.75, 3.05) is 0 Å². The number of nitrogens with zero attached hydrogens (tertiary/aromatic N) is 1. The SMILES string of the molecule is N#Cc1ccc(-c2ccccc2)cc1OC(=O)C1CC(C(=O)O)C1c1ccccc1. The molecule has 1 aliphatic carbocycles. The number of benzene rings is 3. The van der Waals surface area contributed by atoms with Crippen molar-refractivity contribution in [3.63, 3.8) is 0 Å². The summed E-state index contributed by atoms with van der Waals surface area (Å²) in [5.41, 5.74) is 2.83. The Bertz CT molecular complexity index is 1120. The summed E-state index contributed by atoms with van der Waals surface area (Å²) in [6.45, 7) is 0. The second kappa shape index (κ2) is 8.22. The molecule has 1 saturated carbocycles. The van der Waals surface area contributed by atoms with Crippen LogP contribution in [0.5, 0.6) is 5.75 Å². The fourth-order valence-electron chi connectivity index (χ4n) is 3.98. The number of ether oxygens (including phenoxy) is 1. The number of rotatable bonds is 5. The highest BCUT2D eigenvalue weighted by Crippen LogP contribution is 2.48. The summed E-state index contributed by atoms with van der Waals surface area (Å²) in [7, 11) is 0. The Hall–Kier alpha value is -3.91. The van der Waals surface area contributed by atoms with Crippen molar-refractivity contribution < 1.29 is 19.4 Å². The molecule has 4 rings (SSSR count). The summed E-state index contributed by atoms with van der Waals surface area (Å²) in [5.74, 6) is -2.88. The highest BCUT2D eigenvalue weighted by Gasteiger charge is 2.50. The number of carboxylic acid groups (broad SMARTS) is 1. The quantitative estimate of drug-likeness (QED) is 0.501. The lowest BCUT2D eigenvalue weighted by Crippen LogP contribution is -2.45. The van der Waals surface area contributed by atoms with E-state index in [9.17, 15) is 20.0 Å². The minimum atomic E-state index is -0.920. The fourth-order valence-corrected chi connectivity index (χ4v) is 3.98. The molecule has 0 bridgehead atoms. The Morgan fingerprint density at radius 3 is 2.20 bits per heavy atom. The largest absolute Gasteiger partial charge is 0.481 e. The van der Waals surface area contributed by atoms with Gasteiger partial charge in [0, 0.05) is 5.92 Å². The Morgan fingerprint density at radius 2 is 1.57 bits per heavy atom. The molecule has 0 aromatic heterocycles. The maximum absolute atomic E-state index is 12.9. The standard InChI is InChI=1S/C25H19NO4/c26-15-19-12-11-18(16-7-3-1-4-8-16)13-22(19)30-25(29)21-14-20(24(27)28)23(21)17-9-5-2-6-10-17/h1-13,20-21,23H,14H2,(H,27,28). The van der Waals surface area contributed by atoms with Crippen LogP contribution in [0.2, 0.25) is 0 Å². The molecule has 5 nitrogen and oxygen atoms in total. The van der Waals surface area contributed by atoms with Gasteiger partial charge in [0.2, 0.25) is 0 Å². The Morgan fingerprint density at radius 1 is 0.900 bits per heavy atom. The molecular formula is C25H19NO4. The van der Waals surface area contributed by atoms with Crippen molar-refractivity contribution in [3.05, 3.63) is 90.0 Å². The van der Waals surface area contributed by atoms with Gasteiger partial charge in [-0.25, -0.2) is 0 Å². The van der Waals surface area contributed by atoms with Gasteiger partial charge in [0.15, 0.2) is 0 Å². The topological polar surface area (TPSA) is 87.4 Å². The molecule has 30 heavy (non-hydrogen) atoms. The van der Waals surface area contributed by atoms with Gasteiger partial charge in [-0.15, -0.1) is 0 Å². The number of carboxylic acids is 1. The molecule has 3 unspecified atom stereocenters. The average molecular weight is 397 g/mol. The van der Waals surface area contributed by atoms with Gasteiger partial charge in [-0.2, -0.15) is 5.26 Å². The second-order valence-corrected chi connectivity index (χ2v) is 7.33. The van der Waals surface area contributed by atoms with Gasteiger partial charge in [0.05, 0.1) is 17.4 Å². The van der Waals surface area contributed by atoms with Crippen LogP contribution in [-0.4, -0.2) is 17.0 Å². The van der Waals surface area contributed by atoms with E-state index in [0.29, 0.717) is 0 Å². The van der Waals surface area contributed by atoms with Crippen LogP contribution in [0.4, 0.5) is 0 Å². The Labute approximate surface area is 174 Å². The summed E-state index contributed by atoms with van der Waals surface area (Å²) in [4.78, 5) is 24.5. The van der Waals surface area contributed by atoms with Gasteiger partial charge in [-0.1, -0.05) is 66.7 Å². The predicted octanol–water partition coefficient (Wildman–Crippen LogP) is 4.64. The molecule has 5 heteroatoms. The third-order valence-electron chi connectivity index (χ3n) is 5.60. The van der Waals surface area contributed by atoms with Crippen LogP contribution in [0, 0.1) is 23.2 Å². The zero-order valence-electron chi connectivity index (χ0n) is 16.1. The molecule has 0 heterocycles. The lowest BCUT2D eigenvalue weighted by molar-refractivity contribution is -0.155. The van der Waals surface area contributed by atoms with E-state index in [0.717, 1.165) is 16.7 Å². The first kappa shape index (κ1) is 19.4. The van der Waals surface area contributed by atoms with E-state index in [1.54, 1.807) is 12.1 Å². The number of carbonyl (C=O) groups excluding carboxylic acids is 1. The Kier molecular flexibility index (Phi) is 5.32. The molecule has 3 atom stereocenters. The normalized spacial score (nSPS) is 19.9. The zero-order chi connectivity index (χ0) is 21.1. The van der Waals surface area contributed by atoms with Gasteiger partial charge in [0.1, 0.15) is 11.8 Å². The lowest BCUT2D eigenvalue weighted by atomic mass is 9.62. The number of hydrogen-bond donors (Lipinski definition) is 1. The monoisotopic (exact) mass is 397 g/mol. The fraction of sp³-hybridized carbons (Fsp3) is 0.160. The summed E-state index contributed by atoms with van der Waals surface area (Å²) >= 11 is 0. The summed E-state index contributed by atoms with van der Waals surface area (Å²) in [5, 5.41) is 18.9. The summed E-state index contributed by atoms with van der Waals surface area (Å²) in [6, 6.07) is 25.9. The molecule has 0 amide bonds. The van der Waals surface area contributed by atoms with Crippen molar-refractivity contribution in [1.82, 2.24) is 0 Å². The third-order valence-corrected chi connectivity index (χ3v) is 5.60. The lowest BCUT2D eigenvalue weighted by Gasteiger charge is -2.40. The summed E-state index contributed by atoms with van der Waals surface area (Å²) < 4.78 is 5.63. The van der Waals surface area contributed by atoms with Gasteiger partial charge >= 0.3 is 11.9 Å². The maximum Gasteiger partial charge on any atom is 0.315 e. The molecule has 0 aliphatic heterocycles. The van der Waals surface area contributed by atoms with Gasteiger partial charge in [-0.3, -0.25) is 9.59 Å². The van der Waals surface area contributed by atoms with Crippen molar-refractivity contribution in [2.45, 2.75) is 12.3 Å². The zero-order valence-corrected chi connectivity index (χ0v) is 16.1. The number of aliphatic carboxylic acids is 1. The van der Waals surface area contributed by atoms with E-state index in [-0.39, 0.29) is 17.7 Å². The number of carbonyl (C=O) groups is 2. The van der Waals surface area contributed by atoms with Crippen LogP contribution in [-0.2, 0) is 9.59 Å². The minimum Gasteiger partial charge on any atom is -0.481 e. The third kappa shape index (κ3) is 3.68. The highest BCUT2D eigenvalue weighted by atomic mass is 16.5. The molecule has 3 aromatic carbocycles. The van der Waals surface area contributed by atoms with Gasteiger partial charge in [0.25, 0.3) is 0 Å². The minimum absolute atomic E-state index is 0.189. The molecule has 1 fully saturated rings. The second-order valence-electron chi connectivity index (χ2n) is 7.33. The van der Waals surface area contributed by atoms with Gasteiger partial charge < -0.3 is 9.84 Å². The smallest absolute Gasteiger partial charge is 0.315 e. The van der Waals surface area contributed by atoms with E-state index in [1.807, 2.05) is 66.7 Å². The molecule has 1 aliphatic rings. The van der Waals surface area contributed by atoms with Crippen molar-refractivity contribution in [3.8, 4) is 22.9 Å². The molecule has 0 radical (unpaired) electrons. The van der Waals surface area contributed by atoms with Gasteiger partial charge in [-0.05, 0) is 35.2 Å². The van der Waals surface area contributed by atoms with E-state index in [2.05, 4.69) is 6.07 Å². The molecule has 0 saturated heterocycles. The molecule has 148 valence electrons. The van der Waals surface area contributed by atoms with Crippen LogP contribution in [0.3, 0.4) is 0 Å². The number of hydrogen-bond acceptors (Lipinski definition) is 4. The molecule has 3 aromatic rings. The highest BCUT2D eigenvalue weighted by molar-refractivity contribution is 5.83. The van der Waals surface area contributed by atoms with Crippen LogP contribution in [0.25, 0.3) is 11.1 Å². The van der Waals surface area contributed by atoms with Crippen molar-refractivity contribution in [1.29, 1.82) is 5.26 Å². The van der Waals surface area contributed by atoms with Crippen LogP contribution >= 0.6 is 0 Å². The molecule has 0 spiro atoms. The van der Waals surface area contributed by atoms with E-state index < -0.39 is 29.7 Å². The maximum atomic E-state index is 12.9. The van der Waals surface area contributed by atoms with Crippen LogP contribution in [0.1, 0.15) is 23.5 Å². The number of nitriles is 1.